The van der Waals surface area contributed by atoms with Crippen LogP contribution in [-0.4, -0.2) is 22.9 Å². The maximum Gasteiger partial charge on any atom is 0.288 e. The van der Waals surface area contributed by atoms with Gasteiger partial charge in [-0.3, -0.25) is 4.68 Å². The molecule has 1 aliphatic heterocycles. The Bertz CT molecular complexity index is 299. The molecule has 72 valence electrons. The quantitative estimate of drug-likeness (QED) is 0.752. The van der Waals surface area contributed by atoms with Crippen molar-refractivity contribution in [3.63, 3.8) is 0 Å². The molecule has 1 aliphatic rings. The topological polar surface area (TPSA) is 29.9 Å². The van der Waals surface area contributed by atoms with E-state index in [1.807, 2.05) is 0 Å². The van der Waals surface area contributed by atoms with Gasteiger partial charge in [-0.25, -0.2) is 0 Å². The van der Waals surface area contributed by atoms with Gasteiger partial charge in [-0.2, -0.15) is 13.9 Å². The number of hydrogen-bond acceptors (Lipinski definition) is 2. The molecule has 0 aliphatic carbocycles. The molecule has 0 saturated carbocycles. The SMILES string of the molecule is CC(F)(F)c1ccn(C2CNC2)n1. The summed E-state index contributed by atoms with van der Waals surface area (Å²) in [4.78, 5) is 0. The van der Waals surface area contributed by atoms with E-state index in [9.17, 15) is 8.78 Å². The van der Waals surface area contributed by atoms with Crippen LogP contribution in [0.4, 0.5) is 8.78 Å². The molecule has 0 spiro atoms. The van der Waals surface area contributed by atoms with Crippen LogP contribution >= 0.6 is 0 Å². The van der Waals surface area contributed by atoms with Crippen LogP contribution in [0.2, 0.25) is 0 Å². The van der Waals surface area contributed by atoms with Gasteiger partial charge in [-0.05, 0) is 6.07 Å². The van der Waals surface area contributed by atoms with Gasteiger partial charge < -0.3 is 5.32 Å². The molecular weight excluding hydrogens is 176 g/mol. The number of aromatic nitrogens is 2. The molecule has 0 atom stereocenters. The molecule has 3 nitrogen and oxygen atoms in total. The fourth-order valence-corrected chi connectivity index (χ4v) is 1.24. The summed E-state index contributed by atoms with van der Waals surface area (Å²) in [5.41, 5.74) is -0.153. The van der Waals surface area contributed by atoms with Gasteiger partial charge in [-0.1, -0.05) is 0 Å². The standard InChI is InChI=1S/C8H11F2N3/c1-8(9,10)7-2-3-13(12-7)6-4-11-5-6/h2-3,6,11H,4-5H2,1H3. The first-order valence-electron chi connectivity index (χ1n) is 4.21. The van der Waals surface area contributed by atoms with Crippen molar-refractivity contribution in [1.29, 1.82) is 0 Å². The van der Waals surface area contributed by atoms with Crippen molar-refractivity contribution >= 4 is 0 Å². The fourth-order valence-electron chi connectivity index (χ4n) is 1.24. The lowest BCUT2D eigenvalue weighted by Gasteiger charge is -2.27. The van der Waals surface area contributed by atoms with Crippen LogP contribution in [0, 0.1) is 0 Å². The molecule has 0 bridgehead atoms. The molecule has 2 heterocycles. The highest BCUT2D eigenvalue weighted by Gasteiger charge is 2.29. The minimum absolute atomic E-state index is 0.153. The van der Waals surface area contributed by atoms with E-state index < -0.39 is 5.92 Å². The number of halogens is 2. The fraction of sp³-hybridized carbons (Fsp3) is 0.625. The Morgan fingerprint density at radius 1 is 1.62 bits per heavy atom. The van der Waals surface area contributed by atoms with Gasteiger partial charge in [0.1, 0.15) is 5.69 Å². The molecular formula is C8H11F2N3. The summed E-state index contributed by atoms with van der Waals surface area (Å²) in [6.07, 6.45) is 1.61. The molecule has 1 saturated heterocycles. The van der Waals surface area contributed by atoms with Crippen LogP contribution in [0.15, 0.2) is 12.3 Å². The molecule has 0 unspecified atom stereocenters. The van der Waals surface area contributed by atoms with Crippen LogP contribution in [0.1, 0.15) is 18.7 Å². The lowest BCUT2D eigenvalue weighted by Crippen LogP contribution is -2.43. The number of nitrogens with one attached hydrogen (secondary N) is 1. The summed E-state index contributed by atoms with van der Waals surface area (Å²) < 4.78 is 27.1. The van der Waals surface area contributed by atoms with Crippen LogP contribution < -0.4 is 5.32 Å². The molecule has 13 heavy (non-hydrogen) atoms. The predicted octanol–water partition coefficient (Wildman–Crippen LogP) is 1.14. The maximum atomic E-state index is 12.8. The van der Waals surface area contributed by atoms with Crippen molar-refractivity contribution in [2.75, 3.05) is 13.1 Å². The first-order chi connectivity index (χ1) is 6.07. The van der Waals surface area contributed by atoms with E-state index >= 15 is 0 Å². The lowest BCUT2D eigenvalue weighted by molar-refractivity contribution is 0.0117. The summed E-state index contributed by atoms with van der Waals surface area (Å²) in [5, 5.41) is 6.89. The Hall–Kier alpha value is -0.970. The number of hydrogen-bond donors (Lipinski definition) is 1. The highest BCUT2D eigenvalue weighted by Crippen LogP contribution is 2.25. The van der Waals surface area contributed by atoms with E-state index in [0.29, 0.717) is 0 Å². The average molecular weight is 187 g/mol. The van der Waals surface area contributed by atoms with Gasteiger partial charge in [0.15, 0.2) is 0 Å². The van der Waals surface area contributed by atoms with E-state index in [1.54, 1.807) is 10.9 Å². The first-order valence-corrected chi connectivity index (χ1v) is 4.21. The maximum absolute atomic E-state index is 12.8. The summed E-state index contributed by atoms with van der Waals surface area (Å²) in [6.45, 7) is 2.49. The van der Waals surface area contributed by atoms with Gasteiger partial charge in [0, 0.05) is 26.2 Å². The van der Waals surface area contributed by atoms with E-state index in [4.69, 9.17) is 0 Å². The molecule has 1 aromatic heterocycles. The minimum atomic E-state index is -2.83. The Morgan fingerprint density at radius 3 is 2.69 bits per heavy atom. The first kappa shape index (κ1) is 8.62. The van der Waals surface area contributed by atoms with Crippen molar-refractivity contribution in [1.82, 2.24) is 15.1 Å². The molecule has 2 rings (SSSR count). The van der Waals surface area contributed by atoms with Crippen molar-refractivity contribution in [2.24, 2.45) is 0 Å². The van der Waals surface area contributed by atoms with Gasteiger partial charge in [0.25, 0.3) is 5.92 Å². The van der Waals surface area contributed by atoms with Gasteiger partial charge in [0.05, 0.1) is 6.04 Å². The Balaban J connectivity index is 2.17. The third-order valence-corrected chi connectivity index (χ3v) is 2.19. The van der Waals surface area contributed by atoms with E-state index in [2.05, 4.69) is 10.4 Å². The van der Waals surface area contributed by atoms with E-state index in [0.717, 1.165) is 20.0 Å². The largest absolute Gasteiger partial charge is 0.312 e. The van der Waals surface area contributed by atoms with Crippen LogP contribution in [0.5, 0.6) is 0 Å². The molecule has 1 fully saturated rings. The van der Waals surface area contributed by atoms with Crippen molar-refractivity contribution in [3.8, 4) is 0 Å². The zero-order chi connectivity index (χ0) is 9.47. The zero-order valence-corrected chi connectivity index (χ0v) is 7.30. The second-order valence-electron chi connectivity index (χ2n) is 3.38. The highest BCUT2D eigenvalue weighted by molar-refractivity contribution is 5.06. The van der Waals surface area contributed by atoms with E-state index in [1.165, 1.54) is 6.07 Å². The normalized spacial score (nSPS) is 18.7. The molecule has 5 heteroatoms. The van der Waals surface area contributed by atoms with Crippen LogP contribution in [0.25, 0.3) is 0 Å². The van der Waals surface area contributed by atoms with Crippen LogP contribution in [0.3, 0.4) is 0 Å². The molecule has 1 N–H and O–H groups in total. The van der Waals surface area contributed by atoms with Crippen LogP contribution in [-0.2, 0) is 5.92 Å². The zero-order valence-electron chi connectivity index (χ0n) is 7.30. The number of alkyl halides is 2. The lowest BCUT2D eigenvalue weighted by atomic mass is 10.2. The third kappa shape index (κ3) is 1.56. The average Bonchev–Trinajstić information content (AvgIpc) is 2.29. The van der Waals surface area contributed by atoms with Gasteiger partial charge in [0.2, 0.25) is 0 Å². The summed E-state index contributed by atoms with van der Waals surface area (Å²) in [7, 11) is 0. The summed E-state index contributed by atoms with van der Waals surface area (Å²) >= 11 is 0. The van der Waals surface area contributed by atoms with Crippen molar-refractivity contribution in [3.05, 3.63) is 18.0 Å². The summed E-state index contributed by atoms with van der Waals surface area (Å²) in [5.74, 6) is -2.83. The second-order valence-corrected chi connectivity index (χ2v) is 3.38. The minimum Gasteiger partial charge on any atom is -0.312 e. The molecule has 0 amide bonds. The third-order valence-electron chi connectivity index (χ3n) is 2.19. The van der Waals surface area contributed by atoms with Gasteiger partial charge in [-0.15, -0.1) is 0 Å². The summed E-state index contributed by atoms with van der Waals surface area (Å²) in [6, 6.07) is 1.62. The molecule has 1 aromatic rings. The van der Waals surface area contributed by atoms with Gasteiger partial charge >= 0.3 is 0 Å². The number of nitrogens with zero attached hydrogens (tertiary/aromatic N) is 2. The highest BCUT2D eigenvalue weighted by atomic mass is 19.3. The van der Waals surface area contributed by atoms with Crippen molar-refractivity contribution < 1.29 is 8.78 Å². The predicted molar refractivity (Wildman–Crippen MR) is 43.7 cm³/mol. The second kappa shape index (κ2) is 2.77. The van der Waals surface area contributed by atoms with Crippen molar-refractivity contribution in [2.45, 2.75) is 18.9 Å². The molecule has 0 radical (unpaired) electrons. The Kier molecular flexibility index (Phi) is 1.83. The molecule has 0 aromatic carbocycles. The smallest absolute Gasteiger partial charge is 0.288 e. The Morgan fingerprint density at radius 2 is 2.31 bits per heavy atom. The monoisotopic (exact) mass is 187 g/mol. The van der Waals surface area contributed by atoms with E-state index in [-0.39, 0.29) is 11.7 Å². The Labute approximate surface area is 74.7 Å². The number of rotatable bonds is 2.